The van der Waals surface area contributed by atoms with Gasteiger partial charge in [-0.15, -0.1) is 0 Å². The van der Waals surface area contributed by atoms with Gasteiger partial charge in [0, 0.05) is 29.0 Å². The Balaban J connectivity index is 1.73. The summed E-state index contributed by atoms with van der Waals surface area (Å²) in [4.78, 5) is 7.62. The Hall–Kier alpha value is -2.87. The fourth-order valence-electron chi connectivity index (χ4n) is 2.60. The molecule has 0 saturated heterocycles. The van der Waals surface area contributed by atoms with E-state index >= 15 is 0 Å². The fraction of sp³-hybridized carbons (Fsp3) is 0. The number of pyridine rings is 1. The van der Waals surface area contributed by atoms with Gasteiger partial charge in [0.1, 0.15) is 0 Å². The predicted octanol–water partition coefficient (Wildman–Crippen LogP) is 4.90. The molecular weight excluding hydrogens is 256 g/mol. The normalized spacial score (nSPS) is 10.9. The van der Waals surface area contributed by atoms with Crippen molar-refractivity contribution in [1.82, 2.24) is 9.97 Å². The van der Waals surface area contributed by atoms with Crippen LogP contribution >= 0.6 is 0 Å². The first-order valence-corrected chi connectivity index (χ1v) is 6.99. The predicted molar refractivity (Wildman–Crippen MR) is 87.0 cm³/mol. The lowest BCUT2D eigenvalue weighted by Crippen LogP contribution is -1.81. The molecule has 2 aromatic carbocycles. The van der Waals surface area contributed by atoms with Crippen molar-refractivity contribution in [3.8, 4) is 22.4 Å². The molecule has 1 N–H and O–H groups in total. The molecule has 0 amide bonds. The van der Waals surface area contributed by atoms with E-state index in [0.717, 1.165) is 11.3 Å². The molecule has 100 valence electrons. The fourth-order valence-corrected chi connectivity index (χ4v) is 2.60. The second-order valence-electron chi connectivity index (χ2n) is 5.09. The van der Waals surface area contributed by atoms with E-state index in [2.05, 4.69) is 64.6 Å². The number of rotatable bonds is 2. The van der Waals surface area contributed by atoms with Crippen molar-refractivity contribution in [1.29, 1.82) is 0 Å². The standard InChI is InChI=1S/C19H14N2/c1-2-6-18-16(4-1)12-19(21-18)15-9-7-14(8-10-15)17-5-3-11-20-13-17/h1-13,21H. The lowest BCUT2D eigenvalue weighted by molar-refractivity contribution is 1.33. The molecule has 0 unspecified atom stereocenters. The topological polar surface area (TPSA) is 28.7 Å². The maximum Gasteiger partial charge on any atom is 0.0464 e. The molecule has 0 radical (unpaired) electrons. The summed E-state index contributed by atoms with van der Waals surface area (Å²) in [6.45, 7) is 0. The summed E-state index contributed by atoms with van der Waals surface area (Å²) in [6, 6.07) is 23.1. The van der Waals surface area contributed by atoms with E-state index in [1.165, 1.54) is 22.0 Å². The third-order valence-electron chi connectivity index (χ3n) is 3.72. The summed E-state index contributed by atoms with van der Waals surface area (Å²) in [5.41, 5.74) is 5.83. The van der Waals surface area contributed by atoms with E-state index in [1.54, 1.807) is 6.20 Å². The molecule has 0 bridgehead atoms. The van der Waals surface area contributed by atoms with E-state index in [-0.39, 0.29) is 0 Å². The van der Waals surface area contributed by atoms with Crippen molar-refractivity contribution in [3.63, 3.8) is 0 Å². The first-order valence-electron chi connectivity index (χ1n) is 6.99. The molecule has 2 nitrogen and oxygen atoms in total. The van der Waals surface area contributed by atoms with Crippen LogP contribution < -0.4 is 0 Å². The number of aromatic amines is 1. The molecule has 0 aliphatic carbocycles. The second kappa shape index (κ2) is 4.91. The van der Waals surface area contributed by atoms with Gasteiger partial charge in [-0.25, -0.2) is 0 Å². The van der Waals surface area contributed by atoms with E-state index in [4.69, 9.17) is 0 Å². The van der Waals surface area contributed by atoms with Crippen molar-refractivity contribution in [2.45, 2.75) is 0 Å². The third-order valence-corrected chi connectivity index (χ3v) is 3.72. The van der Waals surface area contributed by atoms with Crippen LogP contribution in [0.15, 0.2) is 79.1 Å². The largest absolute Gasteiger partial charge is 0.355 e. The van der Waals surface area contributed by atoms with Crippen LogP contribution in [0.1, 0.15) is 0 Å². The van der Waals surface area contributed by atoms with Crippen molar-refractivity contribution >= 4 is 10.9 Å². The van der Waals surface area contributed by atoms with Crippen LogP contribution in [0.2, 0.25) is 0 Å². The van der Waals surface area contributed by atoms with E-state index in [9.17, 15) is 0 Å². The van der Waals surface area contributed by atoms with Crippen LogP contribution in [0.25, 0.3) is 33.3 Å². The van der Waals surface area contributed by atoms with Gasteiger partial charge < -0.3 is 4.98 Å². The highest BCUT2D eigenvalue weighted by molar-refractivity contribution is 5.86. The molecule has 2 aromatic heterocycles. The number of para-hydroxylation sites is 1. The minimum Gasteiger partial charge on any atom is -0.355 e. The quantitative estimate of drug-likeness (QED) is 0.551. The Morgan fingerprint density at radius 1 is 0.714 bits per heavy atom. The monoisotopic (exact) mass is 270 g/mol. The van der Waals surface area contributed by atoms with Gasteiger partial charge in [0.2, 0.25) is 0 Å². The zero-order chi connectivity index (χ0) is 14.1. The SMILES string of the molecule is c1cncc(-c2ccc(-c3cc4ccccc4[nH]3)cc2)c1. The van der Waals surface area contributed by atoms with Gasteiger partial charge in [0.15, 0.2) is 0 Å². The van der Waals surface area contributed by atoms with E-state index in [1.807, 2.05) is 18.3 Å². The lowest BCUT2D eigenvalue weighted by atomic mass is 10.0. The summed E-state index contributed by atoms with van der Waals surface area (Å²) < 4.78 is 0. The average Bonchev–Trinajstić information content (AvgIpc) is 3.00. The molecule has 0 atom stereocenters. The highest BCUT2D eigenvalue weighted by Crippen LogP contribution is 2.26. The zero-order valence-electron chi connectivity index (χ0n) is 11.5. The van der Waals surface area contributed by atoms with Crippen molar-refractivity contribution in [2.75, 3.05) is 0 Å². The molecule has 4 aromatic rings. The third kappa shape index (κ3) is 2.21. The van der Waals surface area contributed by atoms with Crippen LogP contribution in [0.3, 0.4) is 0 Å². The minimum atomic E-state index is 1.14. The van der Waals surface area contributed by atoms with Gasteiger partial charge in [-0.3, -0.25) is 4.98 Å². The smallest absolute Gasteiger partial charge is 0.0464 e. The average molecular weight is 270 g/mol. The number of hydrogen-bond acceptors (Lipinski definition) is 1. The summed E-state index contributed by atoms with van der Waals surface area (Å²) in [7, 11) is 0. The van der Waals surface area contributed by atoms with E-state index in [0.29, 0.717) is 0 Å². The Kier molecular flexibility index (Phi) is 2.79. The van der Waals surface area contributed by atoms with Crippen LogP contribution in [0.5, 0.6) is 0 Å². The second-order valence-corrected chi connectivity index (χ2v) is 5.09. The van der Waals surface area contributed by atoms with Crippen molar-refractivity contribution in [3.05, 3.63) is 79.1 Å². The van der Waals surface area contributed by atoms with Gasteiger partial charge in [-0.1, -0.05) is 48.5 Å². The molecule has 2 heteroatoms. The number of hydrogen-bond donors (Lipinski definition) is 1. The molecule has 0 saturated carbocycles. The van der Waals surface area contributed by atoms with Gasteiger partial charge in [-0.2, -0.15) is 0 Å². The van der Waals surface area contributed by atoms with Crippen LogP contribution in [0, 0.1) is 0 Å². The molecule has 21 heavy (non-hydrogen) atoms. The van der Waals surface area contributed by atoms with Crippen molar-refractivity contribution in [2.24, 2.45) is 0 Å². The highest BCUT2D eigenvalue weighted by atomic mass is 14.7. The molecule has 4 rings (SSSR count). The highest BCUT2D eigenvalue weighted by Gasteiger charge is 2.03. The number of aromatic nitrogens is 2. The molecule has 0 spiro atoms. The number of nitrogens with one attached hydrogen (secondary N) is 1. The summed E-state index contributed by atoms with van der Waals surface area (Å²) in [5.74, 6) is 0. The van der Waals surface area contributed by atoms with Crippen LogP contribution in [0.4, 0.5) is 0 Å². The molecular formula is C19H14N2. The molecule has 2 heterocycles. The first-order chi connectivity index (χ1) is 10.4. The van der Waals surface area contributed by atoms with E-state index < -0.39 is 0 Å². The lowest BCUT2D eigenvalue weighted by Gasteiger charge is -2.02. The summed E-state index contributed by atoms with van der Waals surface area (Å²) >= 11 is 0. The van der Waals surface area contributed by atoms with Crippen molar-refractivity contribution < 1.29 is 0 Å². The maximum atomic E-state index is 4.16. The van der Waals surface area contributed by atoms with Crippen LogP contribution in [-0.4, -0.2) is 9.97 Å². The maximum absolute atomic E-state index is 4.16. The molecule has 0 aliphatic rings. The number of fused-ring (bicyclic) bond motifs is 1. The minimum absolute atomic E-state index is 1.14. The first kappa shape index (κ1) is 11.9. The summed E-state index contributed by atoms with van der Waals surface area (Å²) in [6.07, 6.45) is 3.68. The number of H-pyrrole nitrogens is 1. The Morgan fingerprint density at radius 2 is 1.52 bits per heavy atom. The van der Waals surface area contributed by atoms with Gasteiger partial charge in [0.05, 0.1) is 0 Å². The Labute approximate surface area is 123 Å². The molecule has 0 fully saturated rings. The molecule has 0 aliphatic heterocycles. The van der Waals surface area contributed by atoms with Gasteiger partial charge >= 0.3 is 0 Å². The van der Waals surface area contributed by atoms with Crippen LogP contribution in [-0.2, 0) is 0 Å². The number of nitrogens with zero attached hydrogens (tertiary/aromatic N) is 1. The Bertz CT molecular complexity index is 841. The van der Waals surface area contributed by atoms with Gasteiger partial charge in [-0.05, 0) is 34.9 Å². The zero-order valence-corrected chi connectivity index (χ0v) is 11.5. The Morgan fingerprint density at radius 3 is 2.29 bits per heavy atom. The van der Waals surface area contributed by atoms with Gasteiger partial charge in [0.25, 0.3) is 0 Å². The summed E-state index contributed by atoms with van der Waals surface area (Å²) in [5, 5.41) is 1.24. The number of benzene rings is 2.